The first kappa shape index (κ1) is 16.0. The zero-order valence-electron chi connectivity index (χ0n) is 12.2. The Kier molecular flexibility index (Phi) is 5.41. The van der Waals surface area contributed by atoms with E-state index in [0.717, 1.165) is 24.5 Å². The van der Waals surface area contributed by atoms with Crippen LogP contribution in [0.15, 0.2) is 18.3 Å². The van der Waals surface area contributed by atoms with Gasteiger partial charge in [0.1, 0.15) is 5.82 Å². The molecular weight excluding hydrogens is 281 g/mol. The maximum atomic E-state index is 12.3. The third-order valence-corrected chi connectivity index (χ3v) is 3.46. The smallest absolute Gasteiger partial charge is 0.370 e. The van der Waals surface area contributed by atoms with Gasteiger partial charge >= 0.3 is 6.18 Å². The molecule has 1 saturated heterocycles. The van der Waals surface area contributed by atoms with E-state index in [0.29, 0.717) is 26.2 Å². The summed E-state index contributed by atoms with van der Waals surface area (Å²) in [6.07, 6.45) is -2.35. The minimum Gasteiger partial charge on any atom is -0.370 e. The summed E-state index contributed by atoms with van der Waals surface area (Å²) < 4.78 is 37.0. The van der Waals surface area contributed by atoms with Gasteiger partial charge in [0.05, 0.1) is 6.54 Å². The Labute approximate surface area is 122 Å². The fourth-order valence-electron chi connectivity index (χ4n) is 2.47. The average Bonchev–Trinajstić information content (AvgIpc) is 2.40. The number of hydrogen-bond acceptors (Lipinski definition) is 4. The monoisotopic (exact) mass is 302 g/mol. The van der Waals surface area contributed by atoms with Crippen LogP contribution in [0.1, 0.15) is 12.5 Å². The molecule has 0 aliphatic carbocycles. The molecular formula is C14H21F3N4. The Morgan fingerprint density at radius 2 is 1.86 bits per heavy atom. The van der Waals surface area contributed by atoms with Crippen molar-refractivity contribution in [2.24, 2.45) is 0 Å². The van der Waals surface area contributed by atoms with E-state index in [9.17, 15) is 13.2 Å². The molecule has 1 fully saturated rings. The number of piperazine rings is 1. The number of hydrogen-bond donors (Lipinski definition) is 1. The molecule has 1 N–H and O–H groups in total. The summed E-state index contributed by atoms with van der Waals surface area (Å²) >= 11 is 0. The molecule has 0 spiro atoms. The highest BCUT2D eigenvalue weighted by molar-refractivity contribution is 5.37. The highest BCUT2D eigenvalue weighted by Gasteiger charge is 2.32. The van der Waals surface area contributed by atoms with Crippen molar-refractivity contribution in [1.82, 2.24) is 14.8 Å². The van der Waals surface area contributed by atoms with Gasteiger partial charge in [0.25, 0.3) is 0 Å². The van der Waals surface area contributed by atoms with Crippen LogP contribution in [0.3, 0.4) is 0 Å². The lowest BCUT2D eigenvalue weighted by atomic mass is 10.2. The minimum absolute atomic E-state index is 0.463. The van der Waals surface area contributed by atoms with Crippen LogP contribution in [0.5, 0.6) is 0 Å². The van der Waals surface area contributed by atoms with Crippen molar-refractivity contribution in [3.63, 3.8) is 0 Å². The lowest BCUT2D eigenvalue weighted by molar-refractivity contribution is -0.149. The number of alkyl halides is 3. The van der Waals surface area contributed by atoms with E-state index in [1.54, 1.807) is 6.20 Å². The van der Waals surface area contributed by atoms with Gasteiger partial charge in [-0.25, -0.2) is 4.98 Å². The fraction of sp³-hybridized carbons (Fsp3) is 0.643. The summed E-state index contributed by atoms with van der Waals surface area (Å²) in [4.78, 5) is 7.86. The average molecular weight is 302 g/mol. The first-order valence-electron chi connectivity index (χ1n) is 7.16. The predicted molar refractivity (Wildman–Crippen MR) is 76.2 cm³/mol. The normalized spacial score (nSPS) is 17.9. The van der Waals surface area contributed by atoms with Crippen LogP contribution in [0.2, 0.25) is 0 Å². The van der Waals surface area contributed by atoms with E-state index in [2.05, 4.69) is 15.2 Å². The van der Waals surface area contributed by atoms with Gasteiger partial charge in [-0.3, -0.25) is 9.80 Å². The largest absolute Gasteiger partial charge is 0.401 e. The van der Waals surface area contributed by atoms with Crippen molar-refractivity contribution >= 4 is 5.82 Å². The summed E-state index contributed by atoms with van der Waals surface area (Å²) in [5.74, 6) is 0.839. The summed E-state index contributed by atoms with van der Waals surface area (Å²) in [7, 11) is 0. The van der Waals surface area contributed by atoms with Crippen molar-refractivity contribution in [3.05, 3.63) is 23.9 Å². The predicted octanol–water partition coefficient (Wildman–Crippen LogP) is 2.19. The van der Waals surface area contributed by atoms with Crippen LogP contribution in [0, 0.1) is 0 Å². The van der Waals surface area contributed by atoms with Crippen LogP contribution in [0.25, 0.3) is 0 Å². The molecule has 21 heavy (non-hydrogen) atoms. The minimum atomic E-state index is -4.10. The Morgan fingerprint density at radius 3 is 2.48 bits per heavy atom. The van der Waals surface area contributed by atoms with Gasteiger partial charge in [0.15, 0.2) is 0 Å². The Balaban J connectivity index is 1.82. The molecule has 2 heterocycles. The first-order chi connectivity index (χ1) is 9.96. The molecule has 0 bridgehead atoms. The van der Waals surface area contributed by atoms with Gasteiger partial charge in [0.2, 0.25) is 0 Å². The van der Waals surface area contributed by atoms with Crippen LogP contribution in [0.4, 0.5) is 19.0 Å². The number of nitrogens with zero attached hydrogens (tertiary/aromatic N) is 3. The topological polar surface area (TPSA) is 31.4 Å². The first-order valence-corrected chi connectivity index (χ1v) is 7.16. The maximum absolute atomic E-state index is 12.3. The highest BCUT2D eigenvalue weighted by atomic mass is 19.4. The summed E-state index contributed by atoms with van der Waals surface area (Å²) in [5.41, 5.74) is 1.13. The van der Waals surface area contributed by atoms with E-state index < -0.39 is 12.7 Å². The molecule has 0 atom stereocenters. The van der Waals surface area contributed by atoms with Gasteiger partial charge in [-0.15, -0.1) is 0 Å². The van der Waals surface area contributed by atoms with Crippen LogP contribution < -0.4 is 5.32 Å². The number of aromatic nitrogens is 1. The standard InChI is InChI=1S/C14H21F3N4/c1-2-18-13-9-12(3-4-19-13)10-20-5-7-21(8-6-20)11-14(15,16)17/h3-4,9H,2,5-8,10-11H2,1H3,(H,18,19). The second-order valence-electron chi connectivity index (χ2n) is 5.25. The molecule has 4 nitrogen and oxygen atoms in total. The molecule has 0 unspecified atom stereocenters. The second kappa shape index (κ2) is 7.09. The Bertz CT molecular complexity index is 442. The molecule has 0 aromatic carbocycles. The van der Waals surface area contributed by atoms with E-state index in [4.69, 9.17) is 0 Å². The van der Waals surface area contributed by atoms with Crippen molar-refractivity contribution < 1.29 is 13.2 Å². The second-order valence-corrected chi connectivity index (χ2v) is 5.25. The fourth-order valence-corrected chi connectivity index (χ4v) is 2.47. The molecule has 1 aromatic rings. The van der Waals surface area contributed by atoms with Crippen LogP contribution >= 0.6 is 0 Å². The molecule has 0 saturated carbocycles. The van der Waals surface area contributed by atoms with Gasteiger partial charge in [-0.05, 0) is 24.6 Å². The van der Waals surface area contributed by atoms with Crippen LogP contribution in [-0.2, 0) is 6.54 Å². The van der Waals surface area contributed by atoms with Gasteiger partial charge in [-0.1, -0.05) is 0 Å². The number of pyridine rings is 1. The zero-order valence-corrected chi connectivity index (χ0v) is 12.2. The quantitative estimate of drug-likeness (QED) is 0.903. The molecule has 7 heteroatoms. The van der Waals surface area contributed by atoms with Crippen molar-refractivity contribution in [2.75, 3.05) is 44.6 Å². The zero-order chi connectivity index (χ0) is 15.3. The van der Waals surface area contributed by atoms with Crippen molar-refractivity contribution in [1.29, 1.82) is 0 Å². The van der Waals surface area contributed by atoms with Gasteiger partial charge in [-0.2, -0.15) is 13.2 Å². The third-order valence-electron chi connectivity index (χ3n) is 3.46. The molecule has 1 aromatic heterocycles. The van der Waals surface area contributed by atoms with Crippen molar-refractivity contribution in [3.8, 4) is 0 Å². The third kappa shape index (κ3) is 5.51. The number of nitrogens with one attached hydrogen (secondary N) is 1. The summed E-state index contributed by atoms with van der Waals surface area (Å²) in [6.45, 7) is 5.02. The van der Waals surface area contributed by atoms with E-state index in [1.807, 2.05) is 19.1 Å². The van der Waals surface area contributed by atoms with Gasteiger partial charge < -0.3 is 5.32 Å². The lowest BCUT2D eigenvalue weighted by Crippen LogP contribution is -2.48. The number of halogens is 3. The Morgan fingerprint density at radius 1 is 1.19 bits per heavy atom. The molecule has 0 radical (unpaired) electrons. The summed E-state index contributed by atoms with van der Waals surface area (Å²) in [6, 6.07) is 3.94. The molecule has 1 aliphatic rings. The van der Waals surface area contributed by atoms with E-state index in [-0.39, 0.29) is 0 Å². The maximum Gasteiger partial charge on any atom is 0.401 e. The SMILES string of the molecule is CCNc1cc(CN2CCN(CC(F)(F)F)CC2)ccn1. The van der Waals surface area contributed by atoms with E-state index in [1.165, 1.54) is 4.90 Å². The lowest BCUT2D eigenvalue weighted by Gasteiger charge is -2.35. The van der Waals surface area contributed by atoms with Crippen molar-refractivity contribution in [2.45, 2.75) is 19.6 Å². The van der Waals surface area contributed by atoms with E-state index >= 15 is 0 Å². The molecule has 0 amide bonds. The number of rotatable bonds is 5. The van der Waals surface area contributed by atoms with Crippen LogP contribution in [-0.4, -0.2) is 60.2 Å². The van der Waals surface area contributed by atoms with Gasteiger partial charge in [0, 0.05) is 45.5 Å². The molecule has 2 rings (SSSR count). The molecule has 118 valence electrons. The Hall–Kier alpha value is -1.34. The highest BCUT2D eigenvalue weighted by Crippen LogP contribution is 2.18. The number of anilines is 1. The summed E-state index contributed by atoms with van der Waals surface area (Å²) in [5, 5.41) is 3.16. The molecule has 1 aliphatic heterocycles.